The zero-order chi connectivity index (χ0) is 11.0. The van der Waals surface area contributed by atoms with Gasteiger partial charge < -0.3 is 10.1 Å². The Labute approximate surface area is 97.0 Å². The average Bonchev–Trinajstić information content (AvgIpc) is 2.38. The van der Waals surface area contributed by atoms with Crippen LogP contribution in [0.15, 0.2) is 18.2 Å². The maximum atomic E-state index is 5.30. The summed E-state index contributed by atoms with van der Waals surface area (Å²) >= 11 is 0. The highest BCUT2D eigenvalue weighted by atomic mass is 16.5. The van der Waals surface area contributed by atoms with E-state index in [0.29, 0.717) is 0 Å². The first-order valence-electron chi connectivity index (χ1n) is 6.28. The number of piperidine rings is 1. The second kappa shape index (κ2) is 4.10. The van der Waals surface area contributed by atoms with Gasteiger partial charge in [0.25, 0.3) is 0 Å². The third-order valence-corrected chi connectivity index (χ3v) is 4.06. The summed E-state index contributed by atoms with van der Waals surface area (Å²) in [6.45, 7) is 1.20. The molecule has 0 radical (unpaired) electrons. The van der Waals surface area contributed by atoms with Gasteiger partial charge in [-0.3, -0.25) is 0 Å². The Hall–Kier alpha value is -1.02. The first kappa shape index (κ1) is 10.2. The molecule has 1 aromatic carbocycles. The lowest BCUT2D eigenvalue weighted by molar-refractivity contribution is 0.318. The number of benzene rings is 1. The van der Waals surface area contributed by atoms with Crippen molar-refractivity contribution in [2.45, 2.75) is 37.6 Å². The lowest BCUT2D eigenvalue weighted by Gasteiger charge is -2.38. The van der Waals surface area contributed by atoms with Crippen molar-refractivity contribution in [1.29, 1.82) is 0 Å². The van der Waals surface area contributed by atoms with Gasteiger partial charge in [0.1, 0.15) is 5.75 Å². The van der Waals surface area contributed by atoms with Crippen LogP contribution in [0.5, 0.6) is 5.75 Å². The summed E-state index contributed by atoms with van der Waals surface area (Å²) in [5, 5.41) is 3.66. The molecule has 86 valence electrons. The van der Waals surface area contributed by atoms with E-state index in [9.17, 15) is 0 Å². The first-order valence-corrected chi connectivity index (χ1v) is 6.28. The third-order valence-electron chi connectivity index (χ3n) is 4.06. The highest BCUT2D eigenvalue weighted by molar-refractivity contribution is 5.40. The highest BCUT2D eigenvalue weighted by Gasteiger charge is 2.31. The van der Waals surface area contributed by atoms with E-state index in [0.717, 1.165) is 17.7 Å². The Bertz CT molecular complexity index is 388. The van der Waals surface area contributed by atoms with Crippen LogP contribution in [0.2, 0.25) is 0 Å². The predicted molar refractivity (Wildman–Crippen MR) is 65.1 cm³/mol. The largest absolute Gasteiger partial charge is 0.497 e. The normalized spacial score (nSPS) is 28.1. The van der Waals surface area contributed by atoms with Gasteiger partial charge in [-0.05, 0) is 61.4 Å². The van der Waals surface area contributed by atoms with E-state index in [1.807, 2.05) is 0 Å². The fourth-order valence-corrected chi connectivity index (χ4v) is 3.23. The Kier molecular flexibility index (Phi) is 2.60. The summed E-state index contributed by atoms with van der Waals surface area (Å²) in [7, 11) is 1.75. The second-order valence-electron chi connectivity index (χ2n) is 4.91. The fourth-order valence-electron chi connectivity index (χ4n) is 3.23. The summed E-state index contributed by atoms with van der Waals surface area (Å²) in [6.07, 6.45) is 5.13. The van der Waals surface area contributed by atoms with Gasteiger partial charge in [-0.25, -0.2) is 0 Å². The SMILES string of the molecule is COc1ccc2c(c1)CC[C@H]1NCCC[C@@H]21. The van der Waals surface area contributed by atoms with E-state index in [-0.39, 0.29) is 0 Å². The lowest BCUT2D eigenvalue weighted by atomic mass is 9.75. The first-order chi connectivity index (χ1) is 7.88. The molecule has 1 aliphatic heterocycles. The van der Waals surface area contributed by atoms with Gasteiger partial charge in [-0.15, -0.1) is 0 Å². The van der Waals surface area contributed by atoms with E-state index in [1.54, 1.807) is 12.7 Å². The molecule has 0 bridgehead atoms. The molecule has 2 aliphatic rings. The number of methoxy groups -OCH3 is 1. The van der Waals surface area contributed by atoms with Crippen molar-refractivity contribution >= 4 is 0 Å². The molecule has 1 aliphatic carbocycles. The van der Waals surface area contributed by atoms with Crippen LogP contribution in [0, 0.1) is 0 Å². The van der Waals surface area contributed by atoms with Crippen molar-refractivity contribution in [3.63, 3.8) is 0 Å². The van der Waals surface area contributed by atoms with E-state index >= 15 is 0 Å². The van der Waals surface area contributed by atoms with Crippen molar-refractivity contribution in [1.82, 2.24) is 5.32 Å². The van der Waals surface area contributed by atoms with Crippen LogP contribution in [0.1, 0.15) is 36.3 Å². The minimum absolute atomic E-state index is 0.717. The number of nitrogens with one attached hydrogen (secondary N) is 1. The maximum Gasteiger partial charge on any atom is 0.119 e. The van der Waals surface area contributed by atoms with Crippen LogP contribution in [-0.2, 0) is 6.42 Å². The van der Waals surface area contributed by atoms with Crippen LogP contribution in [0.25, 0.3) is 0 Å². The molecule has 1 saturated heterocycles. The van der Waals surface area contributed by atoms with E-state index in [4.69, 9.17) is 4.74 Å². The van der Waals surface area contributed by atoms with Crippen LogP contribution >= 0.6 is 0 Å². The number of fused-ring (bicyclic) bond motifs is 3. The quantitative estimate of drug-likeness (QED) is 0.780. The van der Waals surface area contributed by atoms with Crippen molar-refractivity contribution in [2.24, 2.45) is 0 Å². The molecule has 0 saturated carbocycles. The minimum atomic E-state index is 0.717. The lowest BCUT2D eigenvalue weighted by Crippen LogP contribution is -2.42. The predicted octanol–water partition coefficient (Wildman–Crippen LogP) is 2.48. The van der Waals surface area contributed by atoms with Crippen molar-refractivity contribution in [3.8, 4) is 5.75 Å². The van der Waals surface area contributed by atoms with E-state index in [2.05, 4.69) is 23.5 Å². The summed E-state index contributed by atoms with van der Waals surface area (Å²) in [6, 6.07) is 7.32. The molecule has 0 unspecified atom stereocenters. The third kappa shape index (κ3) is 1.61. The van der Waals surface area contributed by atoms with Crippen molar-refractivity contribution in [2.75, 3.05) is 13.7 Å². The molecule has 2 heteroatoms. The molecule has 0 amide bonds. The Morgan fingerprint density at radius 3 is 3.12 bits per heavy atom. The van der Waals surface area contributed by atoms with Gasteiger partial charge in [0.15, 0.2) is 0 Å². The Morgan fingerprint density at radius 2 is 2.25 bits per heavy atom. The van der Waals surface area contributed by atoms with Gasteiger partial charge in [0.2, 0.25) is 0 Å². The smallest absolute Gasteiger partial charge is 0.119 e. The number of hydrogen-bond donors (Lipinski definition) is 1. The van der Waals surface area contributed by atoms with E-state index in [1.165, 1.54) is 37.8 Å². The van der Waals surface area contributed by atoms with Gasteiger partial charge in [0, 0.05) is 6.04 Å². The standard InChI is InChI=1S/C14H19NO/c1-16-11-5-6-12-10(9-11)4-7-14-13(12)3-2-8-15-14/h5-6,9,13-15H,2-4,7-8H2,1H3/t13-,14+/m0/s1. The fraction of sp³-hybridized carbons (Fsp3) is 0.571. The number of hydrogen-bond acceptors (Lipinski definition) is 2. The Balaban J connectivity index is 1.96. The molecular weight excluding hydrogens is 198 g/mol. The van der Waals surface area contributed by atoms with Crippen LogP contribution in [-0.4, -0.2) is 19.7 Å². The molecule has 1 aromatic rings. The average molecular weight is 217 g/mol. The van der Waals surface area contributed by atoms with Crippen LogP contribution < -0.4 is 10.1 Å². The summed E-state index contributed by atoms with van der Waals surface area (Å²) in [5.74, 6) is 1.74. The molecule has 2 atom stereocenters. The summed E-state index contributed by atoms with van der Waals surface area (Å²) in [4.78, 5) is 0. The molecule has 1 heterocycles. The van der Waals surface area contributed by atoms with Crippen LogP contribution in [0.4, 0.5) is 0 Å². The summed E-state index contributed by atoms with van der Waals surface area (Å²) < 4.78 is 5.30. The van der Waals surface area contributed by atoms with Gasteiger partial charge in [-0.2, -0.15) is 0 Å². The summed E-state index contributed by atoms with van der Waals surface area (Å²) in [5.41, 5.74) is 3.06. The topological polar surface area (TPSA) is 21.3 Å². The van der Waals surface area contributed by atoms with Crippen molar-refractivity contribution in [3.05, 3.63) is 29.3 Å². The second-order valence-corrected chi connectivity index (χ2v) is 4.91. The van der Waals surface area contributed by atoms with Gasteiger partial charge in [0.05, 0.1) is 7.11 Å². The number of rotatable bonds is 1. The maximum absolute atomic E-state index is 5.30. The molecule has 1 fully saturated rings. The molecule has 0 aromatic heterocycles. The molecule has 1 N–H and O–H groups in total. The Morgan fingerprint density at radius 1 is 1.31 bits per heavy atom. The highest BCUT2D eigenvalue weighted by Crippen LogP contribution is 2.38. The molecule has 16 heavy (non-hydrogen) atoms. The minimum Gasteiger partial charge on any atom is -0.497 e. The molecule has 0 spiro atoms. The monoisotopic (exact) mass is 217 g/mol. The number of ether oxygens (including phenoxy) is 1. The van der Waals surface area contributed by atoms with Gasteiger partial charge >= 0.3 is 0 Å². The van der Waals surface area contributed by atoms with E-state index < -0.39 is 0 Å². The van der Waals surface area contributed by atoms with Gasteiger partial charge in [-0.1, -0.05) is 6.07 Å². The molecule has 2 nitrogen and oxygen atoms in total. The zero-order valence-corrected chi connectivity index (χ0v) is 9.83. The molecule has 3 rings (SSSR count). The number of aryl methyl sites for hydroxylation is 1. The van der Waals surface area contributed by atoms with Crippen LogP contribution in [0.3, 0.4) is 0 Å². The van der Waals surface area contributed by atoms with Crippen molar-refractivity contribution < 1.29 is 4.74 Å². The zero-order valence-electron chi connectivity index (χ0n) is 9.83. The molecular formula is C14H19NO.